The fourth-order valence-corrected chi connectivity index (χ4v) is 1.80. The molecule has 0 spiro atoms. The zero-order valence-corrected chi connectivity index (χ0v) is 13.5. The van der Waals surface area contributed by atoms with Gasteiger partial charge in [0.25, 0.3) is 0 Å². The minimum atomic E-state index is -4.21. The molecule has 0 saturated carbocycles. The molecule has 3 N–H and O–H groups in total. The van der Waals surface area contributed by atoms with Crippen LogP contribution < -0.4 is 15.8 Å². The second-order valence-electron chi connectivity index (χ2n) is 5.44. The molecule has 0 aliphatic rings. The number of alkyl halides is 3. The number of ether oxygens (including phenoxy) is 1. The molecule has 0 bridgehead atoms. The van der Waals surface area contributed by atoms with E-state index in [0.29, 0.717) is 0 Å². The van der Waals surface area contributed by atoms with Crippen molar-refractivity contribution in [3.8, 4) is 5.75 Å². The molecule has 0 atom stereocenters. The maximum atomic E-state index is 12.2. The predicted molar refractivity (Wildman–Crippen MR) is 85.9 cm³/mol. The fraction of sp³-hybridized carbons (Fsp3) is 0.533. The molecule has 5 nitrogen and oxygen atoms in total. The van der Waals surface area contributed by atoms with Crippen LogP contribution in [0.2, 0.25) is 0 Å². The summed E-state index contributed by atoms with van der Waals surface area (Å²) < 4.78 is 42.0. The van der Waals surface area contributed by atoms with Crippen LogP contribution in [0, 0.1) is 0 Å². The highest BCUT2D eigenvalue weighted by atomic mass is 19.4. The van der Waals surface area contributed by atoms with Gasteiger partial charge in [0, 0.05) is 12.2 Å². The Bertz CT molecular complexity index is 500. The number of nitrogens with one attached hydrogen (secondary N) is 1. The number of benzene rings is 1. The van der Waals surface area contributed by atoms with E-state index in [1.54, 1.807) is 24.3 Å². The van der Waals surface area contributed by atoms with E-state index in [0.717, 1.165) is 16.3 Å². The van der Waals surface area contributed by atoms with Crippen molar-refractivity contribution in [3.63, 3.8) is 0 Å². The normalized spacial score (nSPS) is 12.8. The lowest BCUT2D eigenvalue weighted by Gasteiger charge is -2.17. The van der Waals surface area contributed by atoms with Gasteiger partial charge in [-0.25, -0.2) is 0 Å². The number of halogens is 3. The topological polar surface area (TPSA) is 62.9 Å². The number of aliphatic imine (C=N–C) groups is 1. The van der Waals surface area contributed by atoms with Gasteiger partial charge in [0.2, 0.25) is 0 Å². The number of nitrogens with zero attached hydrogens (tertiary/aromatic N) is 2. The molecule has 0 aromatic heterocycles. The monoisotopic (exact) mass is 332 g/mol. The van der Waals surface area contributed by atoms with Gasteiger partial charge < -0.3 is 15.8 Å². The molecule has 1 aromatic rings. The third-order valence-electron chi connectivity index (χ3n) is 2.71. The Labute approximate surface area is 134 Å². The van der Waals surface area contributed by atoms with Crippen LogP contribution >= 0.6 is 0 Å². The molecule has 0 amide bonds. The number of anilines is 1. The molecule has 1 rings (SSSR count). The molecule has 0 radical (unpaired) electrons. The van der Waals surface area contributed by atoms with Gasteiger partial charge in [-0.3, -0.25) is 9.89 Å². The lowest BCUT2D eigenvalue weighted by atomic mass is 10.3. The van der Waals surface area contributed by atoms with E-state index in [4.69, 9.17) is 10.5 Å². The Morgan fingerprint density at radius 2 is 1.91 bits per heavy atom. The Morgan fingerprint density at radius 3 is 2.43 bits per heavy atom. The standard InChI is InChI=1S/C15H23F3N4O/c1-11(2)23-13-6-4-12(5-7-13)21-14(19)20-8-9-22(3)10-15(16,17)18/h4-7,11H,8-10H2,1-3H3,(H3,19,20,21). The van der Waals surface area contributed by atoms with Crippen molar-refractivity contribution >= 4 is 11.6 Å². The van der Waals surface area contributed by atoms with Crippen molar-refractivity contribution in [3.05, 3.63) is 24.3 Å². The van der Waals surface area contributed by atoms with Crippen LogP contribution in [0.15, 0.2) is 29.3 Å². The van der Waals surface area contributed by atoms with E-state index >= 15 is 0 Å². The average molecular weight is 332 g/mol. The van der Waals surface area contributed by atoms with Gasteiger partial charge in [-0.05, 0) is 45.2 Å². The largest absolute Gasteiger partial charge is 0.491 e. The summed E-state index contributed by atoms with van der Waals surface area (Å²) in [6, 6.07) is 7.17. The summed E-state index contributed by atoms with van der Waals surface area (Å²) in [6.07, 6.45) is -4.11. The van der Waals surface area contributed by atoms with Crippen LogP contribution in [0.25, 0.3) is 0 Å². The molecular weight excluding hydrogens is 309 g/mol. The molecule has 0 unspecified atom stereocenters. The summed E-state index contributed by atoms with van der Waals surface area (Å²) in [5.41, 5.74) is 6.43. The lowest BCUT2D eigenvalue weighted by molar-refractivity contribution is -0.142. The molecule has 0 aliphatic carbocycles. The first-order valence-corrected chi connectivity index (χ1v) is 7.24. The van der Waals surface area contributed by atoms with Gasteiger partial charge in [-0.1, -0.05) is 0 Å². The molecule has 1 aromatic carbocycles. The second kappa shape index (κ2) is 8.61. The van der Waals surface area contributed by atoms with E-state index in [9.17, 15) is 13.2 Å². The van der Waals surface area contributed by atoms with Crippen LogP contribution in [0.4, 0.5) is 18.9 Å². The lowest BCUT2D eigenvalue weighted by Crippen LogP contribution is -2.33. The van der Waals surface area contributed by atoms with Crippen molar-refractivity contribution in [1.29, 1.82) is 0 Å². The second-order valence-corrected chi connectivity index (χ2v) is 5.44. The van der Waals surface area contributed by atoms with E-state index < -0.39 is 12.7 Å². The Kier molecular flexibility index (Phi) is 7.15. The number of rotatable bonds is 7. The summed E-state index contributed by atoms with van der Waals surface area (Å²) in [5.74, 6) is 0.901. The van der Waals surface area contributed by atoms with Crippen molar-refractivity contribution in [2.45, 2.75) is 26.1 Å². The van der Waals surface area contributed by atoms with Crippen molar-refractivity contribution in [2.24, 2.45) is 10.7 Å². The fourth-order valence-electron chi connectivity index (χ4n) is 1.80. The van der Waals surface area contributed by atoms with Gasteiger partial charge in [0.05, 0.1) is 19.2 Å². The number of nitrogens with two attached hydrogens (primary N) is 1. The number of likely N-dealkylation sites (N-methyl/N-ethyl adjacent to an activating group) is 1. The predicted octanol–water partition coefficient (Wildman–Crippen LogP) is 2.69. The molecule has 0 saturated heterocycles. The maximum Gasteiger partial charge on any atom is 0.401 e. The first-order chi connectivity index (χ1) is 10.7. The number of hydrogen-bond donors (Lipinski definition) is 2. The van der Waals surface area contributed by atoms with Crippen LogP contribution in [0.5, 0.6) is 5.75 Å². The van der Waals surface area contributed by atoms with Crippen LogP contribution in [-0.2, 0) is 0 Å². The first-order valence-electron chi connectivity index (χ1n) is 7.24. The first kappa shape index (κ1) is 19.1. The summed E-state index contributed by atoms with van der Waals surface area (Å²) in [5, 5.41) is 2.88. The van der Waals surface area contributed by atoms with Crippen LogP contribution in [0.1, 0.15) is 13.8 Å². The van der Waals surface area contributed by atoms with Gasteiger partial charge in [-0.15, -0.1) is 0 Å². The highest BCUT2D eigenvalue weighted by Gasteiger charge is 2.28. The molecular formula is C15H23F3N4O. The van der Waals surface area contributed by atoms with E-state index in [1.165, 1.54) is 7.05 Å². The van der Waals surface area contributed by atoms with Gasteiger partial charge in [0.15, 0.2) is 5.96 Å². The summed E-state index contributed by atoms with van der Waals surface area (Å²) in [4.78, 5) is 5.15. The van der Waals surface area contributed by atoms with Gasteiger partial charge in [0.1, 0.15) is 5.75 Å². The molecule has 8 heteroatoms. The summed E-state index contributed by atoms with van der Waals surface area (Å²) in [6.45, 7) is 3.26. The van der Waals surface area contributed by atoms with Crippen LogP contribution in [-0.4, -0.2) is 49.8 Å². The summed E-state index contributed by atoms with van der Waals surface area (Å²) in [7, 11) is 1.39. The van der Waals surface area contributed by atoms with Crippen LogP contribution in [0.3, 0.4) is 0 Å². The minimum Gasteiger partial charge on any atom is -0.491 e. The smallest absolute Gasteiger partial charge is 0.401 e. The molecule has 0 heterocycles. The van der Waals surface area contributed by atoms with E-state index in [-0.39, 0.29) is 25.2 Å². The zero-order valence-electron chi connectivity index (χ0n) is 13.5. The Hall–Kier alpha value is -1.96. The molecule has 23 heavy (non-hydrogen) atoms. The molecule has 0 fully saturated rings. The van der Waals surface area contributed by atoms with Crippen molar-refractivity contribution < 1.29 is 17.9 Å². The highest BCUT2D eigenvalue weighted by molar-refractivity contribution is 5.92. The number of guanidine groups is 1. The number of hydrogen-bond acceptors (Lipinski definition) is 3. The Balaban J connectivity index is 2.41. The van der Waals surface area contributed by atoms with Gasteiger partial charge >= 0.3 is 6.18 Å². The third-order valence-corrected chi connectivity index (χ3v) is 2.71. The quantitative estimate of drug-likeness (QED) is 0.595. The van der Waals surface area contributed by atoms with Crippen molar-refractivity contribution in [1.82, 2.24) is 4.90 Å². The Morgan fingerprint density at radius 1 is 1.30 bits per heavy atom. The highest BCUT2D eigenvalue weighted by Crippen LogP contribution is 2.17. The third kappa shape index (κ3) is 8.92. The molecule has 130 valence electrons. The van der Waals surface area contributed by atoms with E-state index in [2.05, 4.69) is 10.3 Å². The summed E-state index contributed by atoms with van der Waals surface area (Å²) >= 11 is 0. The average Bonchev–Trinajstić information content (AvgIpc) is 2.38. The van der Waals surface area contributed by atoms with Crippen molar-refractivity contribution in [2.75, 3.05) is 32.0 Å². The zero-order chi connectivity index (χ0) is 17.5. The van der Waals surface area contributed by atoms with E-state index in [1.807, 2.05) is 13.8 Å². The molecule has 0 aliphatic heterocycles. The van der Waals surface area contributed by atoms with Gasteiger partial charge in [-0.2, -0.15) is 13.2 Å². The maximum absolute atomic E-state index is 12.2. The minimum absolute atomic E-state index is 0.0918. The SMILES string of the molecule is CC(C)Oc1ccc(NC(N)=NCCN(C)CC(F)(F)F)cc1.